The minimum atomic E-state index is -4.94. The van der Waals surface area contributed by atoms with E-state index in [1.807, 2.05) is 25.1 Å². The van der Waals surface area contributed by atoms with Crippen molar-refractivity contribution < 1.29 is 55.9 Å². The highest BCUT2D eigenvalue weighted by Gasteiger charge is 2.29. The van der Waals surface area contributed by atoms with Crippen LogP contribution in [0.2, 0.25) is 0 Å². The number of hydrogen-bond donors (Lipinski definition) is 0. The van der Waals surface area contributed by atoms with Gasteiger partial charge in [0.25, 0.3) is 0 Å². The van der Waals surface area contributed by atoms with Gasteiger partial charge >= 0.3 is 17.7 Å². The summed E-state index contributed by atoms with van der Waals surface area (Å²) < 4.78 is 88.5. The maximum absolute atomic E-state index is 12.6. The molecule has 0 N–H and O–H groups in total. The average Bonchev–Trinajstić information content (AvgIpc) is 3.10. The van der Waals surface area contributed by atoms with E-state index in [1.54, 1.807) is 12.2 Å². The summed E-state index contributed by atoms with van der Waals surface area (Å²) in [7, 11) is -4.94. The smallest absolute Gasteiger partial charge is 0.416 e. The Labute approximate surface area is 175 Å². The number of aryl methyl sites for hydroxylation is 1. The van der Waals surface area contributed by atoms with E-state index in [0.29, 0.717) is 28.6 Å². The molecule has 0 saturated carbocycles. The molecule has 1 aromatic heterocycles. The number of ether oxygens (including phenoxy) is 2. The third-order valence-electron chi connectivity index (χ3n) is 4.11. The molecule has 0 radical (unpaired) electrons. The predicted molar refractivity (Wildman–Crippen MR) is 91.9 cm³/mol. The van der Waals surface area contributed by atoms with Gasteiger partial charge in [0.1, 0.15) is 0 Å². The number of alkyl halides is 3. The molecular weight excluding hydrogens is 445 g/mol. The Morgan fingerprint density at radius 3 is 2.10 bits per heavy atom. The minimum absolute atomic E-state index is 0.179. The highest BCUT2D eigenvalue weighted by Crippen LogP contribution is 2.38. The van der Waals surface area contributed by atoms with Crippen LogP contribution in [0, 0.1) is 17.2 Å². The molecule has 11 heteroatoms. The molecular formula is C20H14ClF3O7. The lowest BCUT2D eigenvalue weighted by Gasteiger charge is -2.17. The predicted octanol–water partition coefficient (Wildman–Crippen LogP) is 1.18. The van der Waals surface area contributed by atoms with E-state index < -0.39 is 22.0 Å². The van der Waals surface area contributed by atoms with Gasteiger partial charge < -0.3 is 9.47 Å². The Hall–Kier alpha value is -2.89. The van der Waals surface area contributed by atoms with Crippen LogP contribution in [0.5, 0.6) is 11.5 Å². The van der Waals surface area contributed by atoms with Crippen LogP contribution >= 0.6 is 0 Å². The average molecular weight is 459 g/mol. The van der Waals surface area contributed by atoms with Crippen molar-refractivity contribution in [2.75, 3.05) is 6.79 Å². The van der Waals surface area contributed by atoms with Crippen LogP contribution < -0.4 is 28.1 Å². The van der Waals surface area contributed by atoms with Crippen molar-refractivity contribution in [3.63, 3.8) is 0 Å². The lowest BCUT2D eigenvalue weighted by Crippen LogP contribution is -2.68. The summed E-state index contributed by atoms with van der Waals surface area (Å²) in [6.45, 7) is 2.01. The molecule has 2 heterocycles. The van der Waals surface area contributed by atoms with Gasteiger partial charge in [-0.25, -0.2) is 23.1 Å². The maximum Gasteiger partial charge on any atom is 0.416 e. The number of halogens is 4. The number of fused-ring (bicyclic) bond motifs is 2. The molecule has 0 fully saturated rings. The zero-order valence-electron chi connectivity index (χ0n) is 15.8. The molecule has 1 aliphatic heterocycles. The summed E-state index contributed by atoms with van der Waals surface area (Å²) in [4.78, 5) is 0. The first-order valence-corrected chi connectivity index (χ1v) is 9.78. The Morgan fingerprint density at radius 1 is 0.935 bits per heavy atom. The van der Waals surface area contributed by atoms with Crippen LogP contribution in [-0.2, 0) is 6.18 Å². The Kier molecular flexibility index (Phi) is 6.39. The van der Waals surface area contributed by atoms with Gasteiger partial charge in [-0.1, -0.05) is 12.1 Å². The molecule has 164 valence electrons. The van der Waals surface area contributed by atoms with Crippen molar-refractivity contribution >= 4 is 22.9 Å². The fourth-order valence-electron chi connectivity index (χ4n) is 2.85. The van der Waals surface area contributed by atoms with Gasteiger partial charge in [0.2, 0.25) is 6.79 Å². The molecule has 3 aromatic rings. The molecule has 0 unspecified atom stereocenters. The monoisotopic (exact) mass is 458 g/mol. The molecule has 4 rings (SSSR count). The molecule has 0 atom stereocenters. The Bertz CT molecular complexity index is 1100. The molecule has 2 aromatic carbocycles. The van der Waals surface area contributed by atoms with Gasteiger partial charge in [0.15, 0.2) is 11.5 Å². The van der Waals surface area contributed by atoms with Crippen LogP contribution in [0.1, 0.15) is 22.6 Å². The molecule has 7 nitrogen and oxygen atoms in total. The molecule has 0 saturated heterocycles. The van der Waals surface area contributed by atoms with Gasteiger partial charge in [-0.15, -0.1) is 10.2 Å². The Morgan fingerprint density at radius 2 is 1.52 bits per heavy atom. The van der Waals surface area contributed by atoms with E-state index in [9.17, 15) is 13.2 Å². The Balaban J connectivity index is 0.000000491. The van der Waals surface area contributed by atoms with E-state index in [2.05, 4.69) is 0 Å². The normalized spacial score (nSPS) is 13.4. The van der Waals surface area contributed by atoms with E-state index >= 15 is 0 Å². The molecule has 0 spiro atoms. The number of hydrogen-bond acceptors (Lipinski definition) is 6. The molecule has 1 aliphatic rings. The zero-order valence-corrected chi connectivity index (χ0v) is 16.5. The van der Waals surface area contributed by atoms with Crippen LogP contribution in [0.15, 0.2) is 46.9 Å². The van der Waals surface area contributed by atoms with Gasteiger partial charge in [0.05, 0.1) is 17.9 Å². The van der Waals surface area contributed by atoms with Crippen molar-refractivity contribution in [1.29, 1.82) is 0 Å². The number of benzene rings is 2. The quantitative estimate of drug-likeness (QED) is 0.528. The summed E-state index contributed by atoms with van der Waals surface area (Å²) in [5, 5.41) is 1.77. The summed E-state index contributed by atoms with van der Waals surface area (Å²) in [5.74, 6) is 2.63. The molecule has 31 heavy (non-hydrogen) atoms. The highest BCUT2D eigenvalue weighted by molar-refractivity contribution is 5.93. The van der Waals surface area contributed by atoms with Crippen molar-refractivity contribution in [1.82, 2.24) is 0 Å². The van der Waals surface area contributed by atoms with Crippen LogP contribution in [0.4, 0.5) is 13.2 Å². The lowest BCUT2D eigenvalue weighted by molar-refractivity contribution is -2.00. The minimum Gasteiger partial charge on any atom is -0.454 e. The fourth-order valence-corrected chi connectivity index (χ4v) is 2.85. The summed E-state index contributed by atoms with van der Waals surface area (Å²) >= 11 is 0. The SMILES string of the molecule is Cc1cc2cc3c(cc2c(C=Cc2ccc(C(F)(F)F)cc2)[o+]1)OCO3.[O-][Cl+3]([O-])([O-])[O-]. The summed E-state index contributed by atoms with van der Waals surface area (Å²) in [6, 6.07) is 10.6. The second kappa shape index (κ2) is 8.69. The topological polar surface area (TPSA) is 122 Å². The number of rotatable bonds is 2. The standard InChI is InChI=1S/C20H14F3O3.ClHO4/c1-12-8-14-9-18-19(25-11-24-18)10-16(14)17(26-12)7-4-13-2-5-15(6-3-13)20(21,22)23;2-1(3,4)5/h2-10H,11H2,1H3;(H,2,3,4,5)/q+1;/p-1. The fraction of sp³-hybridized carbons (Fsp3) is 0.150. The van der Waals surface area contributed by atoms with Crippen LogP contribution in [-0.4, -0.2) is 6.79 Å². The van der Waals surface area contributed by atoms with Crippen LogP contribution in [0.3, 0.4) is 0 Å². The molecule has 0 aliphatic carbocycles. The van der Waals surface area contributed by atoms with Gasteiger partial charge in [0, 0.05) is 23.6 Å². The molecule has 0 bridgehead atoms. The lowest BCUT2D eigenvalue weighted by atomic mass is 10.1. The molecule has 0 amide bonds. The first kappa shape index (κ1) is 22.8. The first-order chi connectivity index (χ1) is 14.4. The van der Waals surface area contributed by atoms with E-state index in [-0.39, 0.29) is 6.79 Å². The van der Waals surface area contributed by atoms with Gasteiger partial charge in [-0.3, -0.25) is 0 Å². The summed E-state index contributed by atoms with van der Waals surface area (Å²) in [5.41, 5.74) is -0.0309. The van der Waals surface area contributed by atoms with Crippen molar-refractivity contribution in [2.24, 2.45) is 0 Å². The largest absolute Gasteiger partial charge is 0.454 e. The van der Waals surface area contributed by atoms with Gasteiger partial charge in [-0.2, -0.15) is 13.2 Å². The van der Waals surface area contributed by atoms with Crippen molar-refractivity contribution in [2.45, 2.75) is 13.1 Å². The van der Waals surface area contributed by atoms with Crippen LogP contribution in [0.25, 0.3) is 22.9 Å². The second-order valence-electron chi connectivity index (χ2n) is 6.35. The zero-order chi connectivity index (χ0) is 22.8. The highest BCUT2D eigenvalue weighted by atomic mass is 35.7. The van der Waals surface area contributed by atoms with Crippen molar-refractivity contribution in [3.8, 4) is 11.5 Å². The maximum atomic E-state index is 12.6. The third-order valence-corrected chi connectivity index (χ3v) is 4.11. The van der Waals surface area contributed by atoms with Crippen molar-refractivity contribution in [3.05, 3.63) is 65.1 Å². The van der Waals surface area contributed by atoms with E-state index in [0.717, 1.165) is 22.9 Å². The van der Waals surface area contributed by atoms with E-state index in [4.69, 9.17) is 32.5 Å². The summed E-state index contributed by atoms with van der Waals surface area (Å²) in [6.07, 6.45) is -0.893. The van der Waals surface area contributed by atoms with Gasteiger partial charge in [-0.05, 0) is 29.8 Å². The van der Waals surface area contributed by atoms with E-state index in [1.165, 1.54) is 12.1 Å². The second-order valence-corrected chi connectivity index (χ2v) is 7.10. The third kappa shape index (κ3) is 6.29. The first-order valence-electron chi connectivity index (χ1n) is 8.54.